The van der Waals surface area contributed by atoms with Crippen LogP contribution in [0.5, 0.6) is 0 Å². The molecule has 1 fully saturated rings. The molecule has 0 amide bonds. The van der Waals surface area contributed by atoms with Gasteiger partial charge in [-0.25, -0.2) is 0 Å². The number of quaternary nitrogens is 1. The lowest BCUT2D eigenvalue weighted by Crippen LogP contribution is -2.39. The van der Waals surface area contributed by atoms with Gasteiger partial charge >= 0.3 is 5.97 Å². The van der Waals surface area contributed by atoms with Crippen LogP contribution in [-0.4, -0.2) is 35.4 Å². The topological polar surface area (TPSA) is 60.4 Å². The molecule has 1 heterocycles. The second-order valence-corrected chi connectivity index (χ2v) is 3.43. The first kappa shape index (κ1) is 9.48. The maximum absolute atomic E-state index is 11.6. The summed E-state index contributed by atoms with van der Waals surface area (Å²) >= 11 is 0. The molecule has 0 aromatic heterocycles. The van der Waals surface area contributed by atoms with Crippen LogP contribution in [0.1, 0.15) is 25.7 Å². The lowest BCUT2D eigenvalue weighted by molar-refractivity contribution is -0.868. The highest BCUT2D eigenvalue weighted by Crippen LogP contribution is 2.18. The highest BCUT2D eigenvalue weighted by Gasteiger charge is 2.22. The number of nitrogens with zero attached hydrogens (tertiary/aromatic N) is 1. The zero-order valence-corrected chi connectivity index (χ0v) is 7.16. The van der Waals surface area contributed by atoms with Gasteiger partial charge in [0.15, 0.2) is 0 Å². The zero-order valence-electron chi connectivity index (χ0n) is 7.16. The number of rotatable bonds is 4. The van der Waals surface area contributed by atoms with Crippen LogP contribution < -0.4 is 0 Å². The van der Waals surface area contributed by atoms with Crippen LogP contribution in [0.4, 0.5) is 0 Å². The minimum Gasteiger partial charge on any atom is -0.633 e. The maximum atomic E-state index is 11.6. The van der Waals surface area contributed by atoms with Crippen LogP contribution >= 0.6 is 0 Å². The minimum absolute atomic E-state index is 0.127. The largest absolute Gasteiger partial charge is 0.633 e. The van der Waals surface area contributed by atoms with E-state index in [1.54, 1.807) is 0 Å². The van der Waals surface area contributed by atoms with E-state index in [-0.39, 0.29) is 11.1 Å². The van der Waals surface area contributed by atoms with Crippen molar-refractivity contribution in [2.24, 2.45) is 0 Å². The average Bonchev–Trinajstić information content (AvgIpc) is 2.35. The first-order valence-electron chi connectivity index (χ1n) is 4.41. The number of hydroxylamine groups is 3. The van der Waals surface area contributed by atoms with Crippen LogP contribution in [0.25, 0.3) is 0 Å². The van der Waals surface area contributed by atoms with Gasteiger partial charge in [-0.3, -0.25) is 4.79 Å². The molecule has 4 nitrogen and oxygen atoms in total. The van der Waals surface area contributed by atoms with E-state index in [9.17, 15) is 10.0 Å². The first-order chi connectivity index (χ1) is 5.62. The highest BCUT2D eigenvalue weighted by atomic mass is 16.5. The van der Waals surface area contributed by atoms with Crippen molar-refractivity contribution in [3.05, 3.63) is 5.21 Å². The molecule has 0 radical (unpaired) electrons. The third-order valence-electron chi connectivity index (χ3n) is 2.34. The molecule has 0 aromatic carbocycles. The van der Waals surface area contributed by atoms with Crippen molar-refractivity contribution in [3.8, 4) is 0 Å². The number of carbonyl (C=O) groups is 1. The van der Waals surface area contributed by atoms with Crippen molar-refractivity contribution in [1.29, 1.82) is 0 Å². The Kier molecular flexibility index (Phi) is 3.05. The van der Waals surface area contributed by atoms with Gasteiger partial charge in [0.05, 0.1) is 26.1 Å². The average molecular weight is 173 g/mol. The molecule has 4 heteroatoms. The summed E-state index contributed by atoms with van der Waals surface area (Å²) in [5.74, 6) is -0.805. The Balaban J connectivity index is 2.17. The predicted molar refractivity (Wildman–Crippen MR) is 44.3 cm³/mol. The Morgan fingerprint density at radius 3 is 2.50 bits per heavy atom. The highest BCUT2D eigenvalue weighted by molar-refractivity contribution is 5.66. The van der Waals surface area contributed by atoms with E-state index in [0.29, 0.717) is 26.1 Å². The SMILES string of the molecule is O=C(O)CCC[N+]1([O-])CCCC1. The van der Waals surface area contributed by atoms with E-state index < -0.39 is 5.97 Å². The number of aliphatic carboxylic acids is 1. The molecule has 0 aromatic rings. The second-order valence-electron chi connectivity index (χ2n) is 3.43. The van der Waals surface area contributed by atoms with Crippen molar-refractivity contribution in [2.45, 2.75) is 25.7 Å². The van der Waals surface area contributed by atoms with Crippen molar-refractivity contribution in [2.75, 3.05) is 19.6 Å². The Morgan fingerprint density at radius 1 is 1.42 bits per heavy atom. The van der Waals surface area contributed by atoms with Crippen molar-refractivity contribution in [3.63, 3.8) is 0 Å². The van der Waals surface area contributed by atoms with Gasteiger partial charge in [-0.05, 0) is 0 Å². The monoisotopic (exact) mass is 173 g/mol. The zero-order chi connectivity index (χ0) is 9.03. The summed E-state index contributed by atoms with van der Waals surface area (Å²) in [6.07, 6.45) is 2.63. The third kappa shape index (κ3) is 2.79. The summed E-state index contributed by atoms with van der Waals surface area (Å²) in [7, 11) is 0. The van der Waals surface area contributed by atoms with E-state index in [0.717, 1.165) is 12.8 Å². The molecule has 0 atom stereocenters. The fourth-order valence-corrected chi connectivity index (χ4v) is 1.65. The van der Waals surface area contributed by atoms with Gasteiger partial charge in [0.1, 0.15) is 0 Å². The molecular weight excluding hydrogens is 158 g/mol. The molecule has 1 saturated heterocycles. The Bertz CT molecular complexity index is 164. The molecule has 1 N–H and O–H groups in total. The molecule has 0 bridgehead atoms. The van der Waals surface area contributed by atoms with Gasteiger partial charge in [-0.15, -0.1) is 0 Å². The van der Waals surface area contributed by atoms with Gasteiger partial charge in [0, 0.05) is 19.3 Å². The van der Waals surface area contributed by atoms with E-state index >= 15 is 0 Å². The third-order valence-corrected chi connectivity index (χ3v) is 2.34. The summed E-state index contributed by atoms with van der Waals surface area (Å²) in [6.45, 7) is 1.84. The standard InChI is InChI=1S/C8H15NO3/c10-8(11)4-3-7-9(12)5-1-2-6-9/h1-7H2,(H,10,11). The fourth-order valence-electron chi connectivity index (χ4n) is 1.65. The second kappa shape index (κ2) is 3.87. The Labute approximate surface area is 72.0 Å². The molecule has 12 heavy (non-hydrogen) atoms. The normalized spacial score (nSPS) is 21.1. The molecule has 70 valence electrons. The molecule has 1 rings (SSSR count). The Morgan fingerprint density at radius 2 is 2.00 bits per heavy atom. The maximum Gasteiger partial charge on any atom is 0.303 e. The lowest BCUT2D eigenvalue weighted by atomic mass is 10.3. The van der Waals surface area contributed by atoms with Gasteiger partial charge in [0.2, 0.25) is 0 Å². The quantitative estimate of drug-likeness (QED) is 0.508. The Hall–Kier alpha value is -0.610. The summed E-state index contributed by atoms with van der Waals surface area (Å²) in [5, 5.41) is 20.0. The smallest absolute Gasteiger partial charge is 0.303 e. The minimum atomic E-state index is -0.805. The van der Waals surface area contributed by atoms with Gasteiger partial charge in [-0.2, -0.15) is 0 Å². The van der Waals surface area contributed by atoms with Gasteiger partial charge < -0.3 is 15.0 Å². The van der Waals surface area contributed by atoms with Crippen molar-refractivity contribution >= 4 is 5.97 Å². The number of hydrogen-bond acceptors (Lipinski definition) is 2. The van der Waals surface area contributed by atoms with Crippen LogP contribution in [0.15, 0.2) is 0 Å². The fraction of sp³-hybridized carbons (Fsp3) is 0.875. The number of carboxylic acid groups (broad SMARTS) is 1. The van der Waals surface area contributed by atoms with E-state index in [1.807, 2.05) is 0 Å². The van der Waals surface area contributed by atoms with Crippen LogP contribution in [0.2, 0.25) is 0 Å². The number of likely N-dealkylation sites (tertiary alicyclic amines) is 1. The van der Waals surface area contributed by atoms with Crippen molar-refractivity contribution < 1.29 is 14.5 Å². The van der Waals surface area contributed by atoms with E-state index in [4.69, 9.17) is 5.11 Å². The van der Waals surface area contributed by atoms with Crippen LogP contribution in [0.3, 0.4) is 0 Å². The molecule has 0 spiro atoms. The van der Waals surface area contributed by atoms with Crippen LogP contribution in [0, 0.1) is 5.21 Å². The summed E-state index contributed by atoms with van der Waals surface area (Å²) in [6, 6.07) is 0. The van der Waals surface area contributed by atoms with Crippen LogP contribution in [-0.2, 0) is 4.79 Å². The van der Waals surface area contributed by atoms with Gasteiger partial charge in [0.25, 0.3) is 0 Å². The van der Waals surface area contributed by atoms with E-state index in [2.05, 4.69) is 0 Å². The summed E-state index contributed by atoms with van der Waals surface area (Å²) < 4.78 is -0.159. The van der Waals surface area contributed by atoms with Crippen molar-refractivity contribution in [1.82, 2.24) is 0 Å². The van der Waals surface area contributed by atoms with E-state index in [1.165, 1.54) is 0 Å². The molecule has 0 saturated carbocycles. The molecule has 1 aliphatic rings. The van der Waals surface area contributed by atoms with Gasteiger partial charge in [-0.1, -0.05) is 0 Å². The summed E-state index contributed by atoms with van der Waals surface area (Å²) in [4.78, 5) is 10.2. The summed E-state index contributed by atoms with van der Waals surface area (Å²) in [5.41, 5.74) is 0. The number of hydrogen-bond donors (Lipinski definition) is 1. The molecule has 0 aliphatic carbocycles. The molecule has 0 unspecified atom stereocenters. The predicted octanol–water partition coefficient (Wildman–Crippen LogP) is 0.960. The lowest BCUT2D eigenvalue weighted by Gasteiger charge is -2.38. The molecule has 1 aliphatic heterocycles. The first-order valence-corrected chi connectivity index (χ1v) is 4.41. The molecular formula is C8H15NO3. The number of carboxylic acids is 1.